The van der Waals surface area contributed by atoms with Gasteiger partial charge in [0.1, 0.15) is 0 Å². The van der Waals surface area contributed by atoms with Crippen molar-refractivity contribution in [2.45, 2.75) is 12.6 Å². The Balaban J connectivity index is 1.68. The zero-order valence-electron chi connectivity index (χ0n) is 13.2. The monoisotopic (exact) mass is 325 g/mol. The van der Waals surface area contributed by atoms with Gasteiger partial charge in [0.25, 0.3) is 5.91 Å². The summed E-state index contributed by atoms with van der Waals surface area (Å²) >= 11 is 0. The van der Waals surface area contributed by atoms with Gasteiger partial charge in [-0.1, -0.05) is 6.07 Å². The number of hydrogen-bond acceptors (Lipinski definition) is 5. The Morgan fingerprint density at radius 2 is 2.29 bits per heavy atom. The van der Waals surface area contributed by atoms with Crippen molar-refractivity contribution in [1.82, 2.24) is 19.8 Å². The average molecular weight is 325 g/mol. The van der Waals surface area contributed by atoms with Crippen LogP contribution in [-0.2, 0) is 6.54 Å². The minimum atomic E-state index is -0.612. The van der Waals surface area contributed by atoms with Crippen molar-refractivity contribution in [3.63, 3.8) is 0 Å². The van der Waals surface area contributed by atoms with Crippen LogP contribution in [0.15, 0.2) is 36.8 Å². The number of β-amino-alcohol motifs (C(OH)–C–C–N with tert-alkyl or cyclic N) is 1. The van der Waals surface area contributed by atoms with Crippen LogP contribution >= 0.6 is 0 Å². The zero-order chi connectivity index (χ0) is 16.9. The van der Waals surface area contributed by atoms with Gasteiger partial charge in [-0.15, -0.1) is 0 Å². The minimum absolute atomic E-state index is 0.158. The van der Waals surface area contributed by atoms with Gasteiger partial charge in [-0.2, -0.15) is 5.26 Å². The maximum atomic E-state index is 12.7. The van der Waals surface area contributed by atoms with E-state index in [-0.39, 0.29) is 12.5 Å². The number of amides is 1. The number of carbonyl (C=O) groups is 1. The molecule has 2 heterocycles. The van der Waals surface area contributed by atoms with Crippen molar-refractivity contribution >= 4 is 5.91 Å². The minimum Gasteiger partial charge on any atom is -0.390 e. The molecule has 0 unspecified atom stereocenters. The van der Waals surface area contributed by atoms with Crippen LogP contribution in [0.25, 0.3) is 0 Å². The third-order valence-corrected chi connectivity index (χ3v) is 4.06. The molecular formula is C17H19N5O2. The summed E-state index contributed by atoms with van der Waals surface area (Å²) in [6.45, 7) is 2.64. The van der Waals surface area contributed by atoms with E-state index in [2.05, 4.69) is 14.9 Å². The Hall–Kier alpha value is -2.69. The van der Waals surface area contributed by atoms with Gasteiger partial charge in [-0.05, 0) is 18.2 Å². The highest BCUT2D eigenvalue weighted by molar-refractivity contribution is 5.94. The summed E-state index contributed by atoms with van der Waals surface area (Å²) in [7, 11) is 0. The van der Waals surface area contributed by atoms with Crippen molar-refractivity contribution < 1.29 is 9.90 Å². The van der Waals surface area contributed by atoms with E-state index in [0.29, 0.717) is 37.3 Å². The van der Waals surface area contributed by atoms with Gasteiger partial charge in [0.05, 0.1) is 24.1 Å². The molecule has 1 aromatic carbocycles. The van der Waals surface area contributed by atoms with Crippen molar-refractivity contribution in [3.8, 4) is 6.07 Å². The average Bonchev–Trinajstić information content (AvgIpc) is 3.03. The van der Waals surface area contributed by atoms with Crippen LogP contribution in [0.2, 0.25) is 0 Å². The van der Waals surface area contributed by atoms with E-state index >= 15 is 0 Å². The van der Waals surface area contributed by atoms with Gasteiger partial charge < -0.3 is 15.0 Å². The van der Waals surface area contributed by atoms with E-state index in [1.807, 2.05) is 6.07 Å². The van der Waals surface area contributed by atoms with Gasteiger partial charge in [0.15, 0.2) is 0 Å². The molecule has 1 fully saturated rings. The molecule has 1 atom stereocenters. The zero-order valence-corrected chi connectivity index (χ0v) is 13.2. The Kier molecular flexibility index (Phi) is 4.89. The van der Waals surface area contributed by atoms with Crippen LogP contribution in [0.3, 0.4) is 0 Å². The number of nitrogens with one attached hydrogen (secondary N) is 1. The first-order chi connectivity index (χ1) is 11.7. The molecule has 0 aliphatic carbocycles. The molecule has 1 aromatic heterocycles. The van der Waals surface area contributed by atoms with Crippen molar-refractivity contribution in [3.05, 3.63) is 53.6 Å². The van der Waals surface area contributed by atoms with Crippen molar-refractivity contribution in [2.75, 3.05) is 26.2 Å². The molecule has 24 heavy (non-hydrogen) atoms. The lowest BCUT2D eigenvalue weighted by molar-refractivity contribution is 0.0663. The molecule has 1 saturated heterocycles. The van der Waals surface area contributed by atoms with Crippen LogP contribution in [-0.4, -0.2) is 63.1 Å². The maximum Gasteiger partial charge on any atom is 0.254 e. The molecule has 7 nitrogen and oxygen atoms in total. The second kappa shape index (κ2) is 7.25. The predicted octanol–water partition coefficient (Wildman–Crippen LogP) is 0.600. The van der Waals surface area contributed by atoms with E-state index < -0.39 is 6.10 Å². The van der Waals surface area contributed by atoms with E-state index in [4.69, 9.17) is 5.26 Å². The largest absolute Gasteiger partial charge is 0.390 e. The van der Waals surface area contributed by atoms with Crippen molar-refractivity contribution in [2.24, 2.45) is 0 Å². The molecule has 3 rings (SSSR count). The summed E-state index contributed by atoms with van der Waals surface area (Å²) in [6, 6.07) is 8.69. The van der Waals surface area contributed by atoms with Crippen LogP contribution in [0, 0.1) is 11.3 Å². The molecule has 1 aliphatic rings. The second-order valence-corrected chi connectivity index (χ2v) is 5.91. The number of nitrogens with zero attached hydrogens (tertiary/aromatic N) is 4. The molecule has 1 amide bonds. The Morgan fingerprint density at radius 3 is 3.04 bits per heavy atom. The molecule has 0 saturated carbocycles. The molecule has 1 aliphatic heterocycles. The fourth-order valence-corrected chi connectivity index (χ4v) is 2.90. The number of nitriles is 1. The highest BCUT2D eigenvalue weighted by Gasteiger charge is 2.25. The van der Waals surface area contributed by atoms with E-state index in [1.165, 1.54) is 0 Å². The molecule has 7 heteroatoms. The molecule has 0 spiro atoms. The fourth-order valence-electron chi connectivity index (χ4n) is 2.90. The number of hydrogen-bond donors (Lipinski definition) is 2. The number of aliphatic hydroxyl groups is 1. The molecule has 0 radical (unpaired) electrons. The smallest absolute Gasteiger partial charge is 0.254 e. The fraction of sp³-hybridized carbons (Fsp3) is 0.353. The normalized spacial score (nSPS) is 18.8. The highest BCUT2D eigenvalue weighted by atomic mass is 16.3. The lowest BCUT2D eigenvalue weighted by atomic mass is 10.1. The molecule has 2 aromatic rings. The second-order valence-electron chi connectivity index (χ2n) is 5.91. The number of aromatic nitrogens is 2. The standard InChI is InChI=1S/C17H19N5O2/c18-7-13-2-1-3-14(6-13)17(24)22-5-4-21(10-16(23)11-22)9-15-8-19-12-20-15/h1-3,6,8,12,16,23H,4-5,9-11H2,(H,19,20)/t16-/m1/s1. The Labute approximate surface area is 140 Å². The summed E-state index contributed by atoms with van der Waals surface area (Å²) in [5.74, 6) is -0.158. The first-order valence-corrected chi connectivity index (χ1v) is 7.83. The van der Waals surface area contributed by atoms with Crippen LogP contribution in [0.4, 0.5) is 0 Å². The lowest BCUT2D eigenvalue weighted by Gasteiger charge is -2.22. The van der Waals surface area contributed by atoms with Crippen molar-refractivity contribution in [1.29, 1.82) is 5.26 Å². The van der Waals surface area contributed by atoms with Gasteiger partial charge in [0.2, 0.25) is 0 Å². The summed E-state index contributed by atoms with van der Waals surface area (Å²) < 4.78 is 0. The van der Waals surface area contributed by atoms with Gasteiger partial charge in [-0.25, -0.2) is 4.98 Å². The van der Waals surface area contributed by atoms with Crippen LogP contribution in [0.5, 0.6) is 0 Å². The first kappa shape index (κ1) is 16.2. The number of benzene rings is 1. The van der Waals surface area contributed by atoms with Gasteiger partial charge in [0, 0.05) is 50.2 Å². The third-order valence-electron chi connectivity index (χ3n) is 4.06. The quantitative estimate of drug-likeness (QED) is 0.861. The van der Waals surface area contributed by atoms with Crippen LogP contribution < -0.4 is 0 Å². The molecular weight excluding hydrogens is 306 g/mol. The Morgan fingerprint density at radius 1 is 1.42 bits per heavy atom. The Bertz CT molecular complexity index is 738. The lowest BCUT2D eigenvalue weighted by Crippen LogP contribution is -2.37. The number of rotatable bonds is 3. The molecule has 0 bridgehead atoms. The van der Waals surface area contributed by atoms with Gasteiger partial charge >= 0.3 is 0 Å². The first-order valence-electron chi connectivity index (χ1n) is 7.83. The topological polar surface area (TPSA) is 96.3 Å². The third kappa shape index (κ3) is 3.79. The number of carbonyl (C=O) groups excluding carboxylic acids is 1. The summed E-state index contributed by atoms with van der Waals surface area (Å²) in [5.41, 5.74) is 1.91. The van der Waals surface area contributed by atoms with E-state index in [9.17, 15) is 9.90 Å². The molecule has 124 valence electrons. The number of H-pyrrole nitrogens is 1. The summed E-state index contributed by atoms with van der Waals surface area (Å²) in [6.07, 6.45) is 2.77. The van der Waals surface area contributed by atoms with Gasteiger partial charge in [-0.3, -0.25) is 9.69 Å². The number of aliphatic hydroxyl groups excluding tert-OH is 1. The number of imidazole rings is 1. The maximum absolute atomic E-state index is 12.7. The van der Waals surface area contributed by atoms with E-state index in [1.54, 1.807) is 41.7 Å². The summed E-state index contributed by atoms with van der Waals surface area (Å²) in [4.78, 5) is 23.4. The highest BCUT2D eigenvalue weighted by Crippen LogP contribution is 2.12. The van der Waals surface area contributed by atoms with Crippen LogP contribution in [0.1, 0.15) is 21.6 Å². The SMILES string of the molecule is N#Cc1cccc(C(=O)N2CCN(Cc3cnc[nH]3)C[C@@H](O)C2)c1. The molecule has 2 N–H and O–H groups in total. The predicted molar refractivity (Wildman–Crippen MR) is 86.9 cm³/mol. The number of aromatic amines is 1. The van der Waals surface area contributed by atoms with E-state index in [0.717, 1.165) is 5.69 Å². The summed E-state index contributed by atoms with van der Waals surface area (Å²) in [5, 5.41) is 19.2.